The van der Waals surface area contributed by atoms with E-state index >= 15 is 0 Å². The van der Waals surface area contributed by atoms with E-state index in [1.807, 2.05) is 25.1 Å². The Labute approximate surface area is 107 Å². The van der Waals surface area contributed by atoms with Gasteiger partial charge in [0, 0.05) is 11.1 Å². The van der Waals surface area contributed by atoms with E-state index in [0.717, 1.165) is 32.9 Å². The summed E-state index contributed by atoms with van der Waals surface area (Å²) in [5, 5.41) is 1.75. The maximum absolute atomic E-state index is 6.48. The monoisotopic (exact) mass is 249 g/mol. The van der Waals surface area contributed by atoms with Crippen LogP contribution in [-0.2, 0) is 0 Å². The van der Waals surface area contributed by atoms with Crippen molar-refractivity contribution in [2.45, 2.75) is 26.7 Å². The lowest BCUT2D eigenvalue weighted by Crippen LogP contribution is -1.98. The van der Waals surface area contributed by atoms with Gasteiger partial charge in [-0.1, -0.05) is 25.4 Å². The lowest BCUT2D eigenvalue weighted by atomic mass is 9.99. The fourth-order valence-electron chi connectivity index (χ4n) is 2.13. The van der Waals surface area contributed by atoms with E-state index in [1.165, 1.54) is 0 Å². The van der Waals surface area contributed by atoms with Crippen LogP contribution >= 0.6 is 11.6 Å². The summed E-state index contributed by atoms with van der Waals surface area (Å²) < 4.78 is 5.22. The SMILES string of the molecule is COc1ccc2nc(C)c(C(C)C)c(Cl)c2c1. The van der Waals surface area contributed by atoms with Gasteiger partial charge in [0.05, 0.1) is 17.6 Å². The quantitative estimate of drug-likeness (QED) is 0.790. The summed E-state index contributed by atoms with van der Waals surface area (Å²) in [7, 11) is 1.65. The summed E-state index contributed by atoms with van der Waals surface area (Å²) in [6.45, 7) is 6.26. The Hall–Kier alpha value is -1.28. The molecular weight excluding hydrogens is 234 g/mol. The molecule has 90 valence electrons. The number of fused-ring (bicyclic) bond motifs is 1. The van der Waals surface area contributed by atoms with E-state index in [2.05, 4.69) is 18.8 Å². The van der Waals surface area contributed by atoms with Crippen molar-refractivity contribution in [2.75, 3.05) is 7.11 Å². The van der Waals surface area contributed by atoms with Crippen LogP contribution in [0.4, 0.5) is 0 Å². The Morgan fingerprint density at radius 1 is 1.29 bits per heavy atom. The molecule has 0 saturated carbocycles. The molecule has 0 aliphatic rings. The number of benzene rings is 1. The molecule has 0 atom stereocenters. The molecule has 0 unspecified atom stereocenters. The topological polar surface area (TPSA) is 22.1 Å². The molecule has 0 amide bonds. The average molecular weight is 250 g/mol. The van der Waals surface area contributed by atoms with Gasteiger partial charge in [-0.25, -0.2) is 0 Å². The fourth-order valence-corrected chi connectivity index (χ4v) is 2.64. The number of hydrogen-bond acceptors (Lipinski definition) is 2. The summed E-state index contributed by atoms with van der Waals surface area (Å²) in [4.78, 5) is 4.59. The molecule has 1 aromatic heterocycles. The van der Waals surface area contributed by atoms with Crippen molar-refractivity contribution in [1.29, 1.82) is 0 Å². The molecule has 0 radical (unpaired) electrons. The van der Waals surface area contributed by atoms with Gasteiger partial charge in [0.25, 0.3) is 0 Å². The summed E-state index contributed by atoms with van der Waals surface area (Å²) >= 11 is 6.48. The van der Waals surface area contributed by atoms with E-state index in [0.29, 0.717) is 5.92 Å². The Morgan fingerprint density at radius 2 is 2.00 bits per heavy atom. The average Bonchev–Trinajstić information content (AvgIpc) is 2.28. The molecule has 0 aliphatic heterocycles. The Balaban J connectivity index is 2.79. The van der Waals surface area contributed by atoms with Gasteiger partial charge < -0.3 is 4.74 Å². The van der Waals surface area contributed by atoms with Crippen molar-refractivity contribution in [3.05, 3.63) is 34.5 Å². The predicted molar refractivity (Wildman–Crippen MR) is 72.1 cm³/mol. The maximum Gasteiger partial charge on any atom is 0.119 e. The van der Waals surface area contributed by atoms with Crippen LogP contribution in [0.15, 0.2) is 18.2 Å². The lowest BCUT2D eigenvalue weighted by Gasteiger charge is -2.14. The van der Waals surface area contributed by atoms with Gasteiger partial charge in [0.15, 0.2) is 0 Å². The first kappa shape index (κ1) is 12.2. The van der Waals surface area contributed by atoms with Crippen LogP contribution in [0.1, 0.15) is 31.0 Å². The third-order valence-corrected chi connectivity index (χ3v) is 3.34. The Kier molecular flexibility index (Phi) is 3.25. The normalized spacial score (nSPS) is 11.2. The smallest absolute Gasteiger partial charge is 0.119 e. The van der Waals surface area contributed by atoms with Crippen LogP contribution in [0.3, 0.4) is 0 Å². The highest BCUT2D eigenvalue weighted by molar-refractivity contribution is 6.36. The van der Waals surface area contributed by atoms with E-state index in [9.17, 15) is 0 Å². The summed E-state index contributed by atoms with van der Waals surface area (Å²) in [6.07, 6.45) is 0. The zero-order valence-electron chi connectivity index (χ0n) is 10.5. The van der Waals surface area contributed by atoms with Crippen LogP contribution in [0.5, 0.6) is 5.75 Å². The molecule has 1 heterocycles. The zero-order valence-corrected chi connectivity index (χ0v) is 11.3. The molecule has 0 saturated heterocycles. The number of methoxy groups -OCH3 is 1. The second-order valence-corrected chi connectivity index (χ2v) is 4.84. The number of aryl methyl sites for hydroxylation is 1. The van der Waals surface area contributed by atoms with E-state index < -0.39 is 0 Å². The van der Waals surface area contributed by atoms with Crippen LogP contribution in [0.25, 0.3) is 10.9 Å². The van der Waals surface area contributed by atoms with Gasteiger partial charge in [0.2, 0.25) is 0 Å². The van der Waals surface area contributed by atoms with Crippen molar-refractivity contribution in [3.63, 3.8) is 0 Å². The van der Waals surface area contributed by atoms with Crippen molar-refractivity contribution in [1.82, 2.24) is 4.98 Å². The van der Waals surface area contributed by atoms with Crippen molar-refractivity contribution in [2.24, 2.45) is 0 Å². The molecule has 2 aromatic rings. The number of nitrogens with zero attached hydrogens (tertiary/aromatic N) is 1. The van der Waals surface area contributed by atoms with Crippen LogP contribution in [-0.4, -0.2) is 12.1 Å². The van der Waals surface area contributed by atoms with Crippen molar-refractivity contribution < 1.29 is 4.74 Å². The molecule has 2 nitrogen and oxygen atoms in total. The Bertz CT molecular complexity index is 564. The molecule has 17 heavy (non-hydrogen) atoms. The first-order chi connectivity index (χ1) is 8.04. The second kappa shape index (κ2) is 4.53. The molecule has 0 spiro atoms. The lowest BCUT2D eigenvalue weighted by molar-refractivity contribution is 0.415. The predicted octanol–water partition coefficient (Wildman–Crippen LogP) is 4.33. The van der Waals surface area contributed by atoms with Gasteiger partial charge in [-0.3, -0.25) is 4.98 Å². The minimum absolute atomic E-state index is 0.366. The van der Waals surface area contributed by atoms with Crippen LogP contribution < -0.4 is 4.74 Å². The van der Waals surface area contributed by atoms with Crippen molar-refractivity contribution >= 4 is 22.5 Å². The van der Waals surface area contributed by atoms with Gasteiger partial charge in [-0.15, -0.1) is 0 Å². The highest BCUT2D eigenvalue weighted by Gasteiger charge is 2.14. The third kappa shape index (κ3) is 2.09. The second-order valence-electron chi connectivity index (χ2n) is 4.46. The minimum Gasteiger partial charge on any atom is -0.497 e. The highest BCUT2D eigenvalue weighted by Crippen LogP contribution is 2.34. The standard InChI is InChI=1S/C14H16ClNO/c1-8(2)13-9(3)16-12-6-5-10(17-4)7-11(12)14(13)15/h5-8H,1-4H3. The first-order valence-electron chi connectivity index (χ1n) is 5.68. The molecule has 1 aromatic carbocycles. The summed E-state index contributed by atoms with van der Waals surface area (Å²) in [5.41, 5.74) is 3.03. The third-order valence-electron chi connectivity index (χ3n) is 2.93. The highest BCUT2D eigenvalue weighted by atomic mass is 35.5. The number of halogens is 1. The van der Waals surface area contributed by atoms with E-state index in [4.69, 9.17) is 16.3 Å². The number of pyridine rings is 1. The van der Waals surface area contributed by atoms with Gasteiger partial charge in [0.1, 0.15) is 5.75 Å². The zero-order chi connectivity index (χ0) is 12.6. The minimum atomic E-state index is 0.366. The molecule has 0 fully saturated rings. The first-order valence-corrected chi connectivity index (χ1v) is 6.06. The molecular formula is C14H16ClNO. The summed E-state index contributed by atoms with van der Waals surface area (Å²) in [6, 6.07) is 5.79. The Morgan fingerprint density at radius 3 is 2.59 bits per heavy atom. The fraction of sp³-hybridized carbons (Fsp3) is 0.357. The van der Waals surface area contributed by atoms with E-state index in [-0.39, 0.29) is 0 Å². The molecule has 0 aliphatic carbocycles. The van der Waals surface area contributed by atoms with Crippen LogP contribution in [0, 0.1) is 6.92 Å². The largest absolute Gasteiger partial charge is 0.497 e. The molecule has 2 rings (SSSR count). The number of hydrogen-bond donors (Lipinski definition) is 0. The van der Waals surface area contributed by atoms with Gasteiger partial charge in [-0.2, -0.15) is 0 Å². The maximum atomic E-state index is 6.48. The summed E-state index contributed by atoms with van der Waals surface area (Å²) in [5.74, 6) is 1.17. The van der Waals surface area contributed by atoms with Gasteiger partial charge in [-0.05, 0) is 36.6 Å². The number of rotatable bonds is 2. The molecule has 0 bridgehead atoms. The van der Waals surface area contributed by atoms with Crippen LogP contribution in [0.2, 0.25) is 5.02 Å². The molecule has 0 N–H and O–H groups in total. The molecule has 3 heteroatoms. The van der Waals surface area contributed by atoms with E-state index in [1.54, 1.807) is 7.11 Å². The number of aromatic nitrogens is 1. The van der Waals surface area contributed by atoms with Gasteiger partial charge >= 0.3 is 0 Å². The van der Waals surface area contributed by atoms with Crippen molar-refractivity contribution in [3.8, 4) is 5.75 Å². The number of ether oxygens (including phenoxy) is 1.